The lowest BCUT2D eigenvalue weighted by Crippen LogP contribution is -2.29. The second-order valence-electron chi connectivity index (χ2n) is 6.35. The largest absolute Gasteiger partial charge is 0.481 e. The standard InChI is InChI=1S/C16H19I2NO5S/c1-9-16(2,7-5-3-4-6-12(20)21)13-11(19-9)8-10(17)15(14(13)18)25(22,23)24/h8H,3-7H2,1-2H3,(H,20,21)(H,22,23,24). The molecule has 2 N–H and O–H groups in total. The van der Waals surface area contributed by atoms with Crippen LogP contribution in [-0.2, 0) is 20.3 Å². The molecular weight excluding hydrogens is 572 g/mol. The van der Waals surface area contributed by atoms with E-state index in [4.69, 9.17) is 5.11 Å². The van der Waals surface area contributed by atoms with Gasteiger partial charge >= 0.3 is 5.97 Å². The molecule has 138 valence electrons. The van der Waals surface area contributed by atoms with Crippen LogP contribution >= 0.6 is 45.2 Å². The molecule has 25 heavy (non-hydrogen) atoms. The average Bonchev–Trinajstić information content (AvgIpc) is 2.68. The first-order valence-electron chi connectivity index (χ1n) is 7.76. The highest BCUT2D eigenvalue weighted by Gasteiger charge is 2.40. The summed E-state index contributed by atoms with van der Waals surface area (Å²) in [5, 5.41) is 8.72. The maximum Gasteiger partial charge on any atom is 0.303 e. The minimum absolute atomic E-state index is 0.0607. The van der Waals surface area contributed by atoms with Crippen LogP contribution in [-0.4, -0.2) is 29.8 Å². The molecule has 9 heteroatoms. The van der Waals surface area contributed by atoms with E-state index in [1.54, 1.807) is 6.07 Å². The number of benzene rings is 1. The Labute approximate surface area is 174 Å². The van der Waals surface area contributed by atoms with Gasteiger partial charge in [-0.3, -0.25) is 14.3 Å². The van der Waals surface area contributed by atoms with Crippen LogP contribution < -0.4 is 0 Å². The molecule has 0 spiro atoms. The van der Waals surface area contributed by atoms with E-state index in [2.05, 4.69) is 4.99 Å². The summed E-state index contributed by atoms with van der Waals surface area (Å²) in [7, 11) is -4.32. The van der Waals surface area contributed by atoms with Gasteiger partial charge in [0.2, 0.25) is 0 Å². The van der Waals surface area contributed by atoms with Gasteiger partial charge in [-0.1, -0.05) is 19.8 Å². The van der Waals surface area contributed by atoms with E-state index in [1.807, 2.05) is 59.0 Å². The van der Waals surface area contributed by atoms with Gasteiger partial charge in [0.1, 0.15) is 4.90 Å². The summed E-state index contributed by atoms with van der Waals surface area (Å²) in [5.41, 5.74) is 2.06. The molecule has 0 saturated heterocycles. The van der Waals surface area contributed by atoms with Crippen molar-refractivity contribution in [3.8, 4) is 0 Å². The molecule has 0 aliphatic carbocycles. The molecule has 0 amide bonds. The van der Waals surface area contributed by atoms with Crippen LogP contribution in [0.3, 0.4) is 0 Å². The Morgan fingerprint density at radius 2 is 1.92 bits per heavy atom. The molecule has 1 atom stereocenters. The fourth-order valence-corrected chi connectivity index (χ4v) is 7.71. The zero-order chi connectivity index (χ0) is 19.0. The van der Waals surface area contributed by atoms with Gasteiger partial charge in [0, 0.05) is 30.3 Å². The van der Waals surface area contributed by atoms with Crippen LogP contribution in [0, 0.1) is 7.14 Å². The predicted molar refractivity (Wildman–Crippen MR) is 113 cm³/mol. The van der Waals surface area contributed by atoms with Crippen molar-refractivity contribution in [3.05, 3.63) is 18.8 Å². The number of hydrogen-bond acceptors (Lipinski definition) is 4. The number of fused-ring (bicyclic) bond motifs is 1. The van der Waals surface area contributed by atoms with Crippen molar-refractivity contribution in [1.82, 2.24) is 0 Å². The van der Waals surface area contributed by atoms with Gasteiger partial charge in [0.15, 0.2) is 0 Å². The molecule has 0 aromatic heterocycles. The highest BCUT2D eigenvalue weighted by Crippen LogP contribution is 2.48. The minimum atomic E-state index is -4.32. The number of hydrogen-bond donors (Lipinski definition) is 2. The van der Waals surface area contributed by atoms with E-state index in [0.717, 1.165) is 36.2 Å². The minimum Gasteiger partial charge on any atom is -0.481 e. The molecular formula is C16H19I2NO5S. The molecule has 0 saturated carbocycles. The number of aliphatic imine (C=N–C) groups is 1. The van der Waals surface area contributed by atoms with Crippen LogP contribution in [0.5, 0.6) is 0 Å². The second kappa shape index (κ2) is 7.77. The summed E-state index contributed by atoms with van der Waals surface area (Å²) >= 11 is 3.88. The lowest BCUT2D eigenvalue weighted by Gasteiger charge is -2.28. The third kappa shape index (κ3) is 4.35. The first kappa shape index (κ1) is 21.0. The maximum absolute atomic E-state index is 11.8. The average molecular weight is 591 g/mol. The van der Waals surface area contributed by atoms with Crippen molar-refractivity contribution in [2.24, 2.45) is 4.99 Å². The first-order valence-corrected chi connectivity index (χ1v) is 11.4. The molecule has 0 radical (unpaired) electrons. The summed E-state index contributed by atoms with van der Waals surface area (Å²) in [4.78, 5) is 15.2. The number of halogens is 2. The number of carbonyl (C=O) groups is 1. The number of nitrogens with zero attached hydrogens (tertiary/aromatic N) is 1. The van der Waals surface area contributed by atoms with E-state index in [9.17, 15) is 17.8 Å². The van der Waals surface area contributed by atoms with E-state index < -0.39 is 21.5 Å². The van der Waals surface area contributed by atoms with Crippen molar-refractivity contribution in [2.45, 2.75) is 56.3 Å². The highest BCUT2D eigenvalue weighted by atomic mass is 127. The van der Waals surface area contributed by atoms with Gasteiger partial charge in [-0.15, -0.1) is 0 Å². The third-order valence-electron chi connectivity index (χ3n) is 4.62. The molecule has 1 aliphatic heterocycles. The van der Waals surface area contributed by atoms with Gasteiger partial charge in [0.05, 0.1) is 5.69 Å². The lowest BCUT2D eigenvalue weighted by atomic mass is 9.76. The van der Waals surface area contributed by atoms with Crippen molar-refractivity contribution in [2.75, 3.05) is 0 Å². The summed E-state index contributed by atoms with van der Waals surface area (Å²) in [6.07, 6.45) is 3.13. The van der Waals surface area contributed by atoms with Gasteiger partial charge < -0.3 is 5.11 Å². The van der Waals surface area contributed by atoms with Crippen molar-refractivity contribution in [1.29, 1.82) is 0 Å². The molecule has 0 fully saturated rings. The Balaban J connectivity index is 2.35. The van der Waals surface area contributed by atoms with Gasteiger partial charge in [-0.2, -0.15) is 8.42 Å². The van der Waals surface area contributed by atoms with Gasteiger partial charge in [0.25, 0.3) is 10.1 Å². The van der Waals surface area contributed by atoms with Crippen molar-refractivity contribution in [3.63, 3.8) is 0 Å². The fraction of sp³-hybridized carbons (Fsp3) is 0.500. The maximum atomic E-state index is 11.8. The number of carboxylic acid groups (broad SMARTS) is 1. The van der Waals surface area contributed by atoms with E-state index in [1.165, 1.54) is 0 Å². The number of aliphatic carboxylic acids is 1. The van der Waals surface area contributed by atoms with Crippen LogP contribution in [0.2, 0.25) is 0 Å². The van der Waals surface area contributed by atoms with Gasteiger partial charge in [-0.25, -0.2) is 0 Å². The molecule has 1 aromatic carbocycles. The summed E-state index contributed by atoms with van der Waals surface area (Å²) < 4.78 is 34.1. The summed E-state index contributed by atoms with van der Waals surface area (Å²) in [5.74, 6) is -0.794. The monoisotopic (exact) mass is 591 g/mol. The predicted octanol–water partition coefficient (Wildman–Crippen LogP) is 4.54. The van der Waals surface area contributed by atoms with E-state index >= 15 is 0 Å². The van der Waals surface area contributed by atoms with Crippen LogP contribution in [0.4, 0.5) is 5.69 Å². The number of rotatable bonds is 7. The Morgan fingerprint density at radius 3 is 2.48 bits per heavy atom. The van der Waals surface area contributed by atoms with E-state index in [-0.39, 0.29) is 11.3 Å². The number of carboxylic acids is 1. The highest BCUT2D eigenvalue weighted by molar-refractivity contribution is 14.1. The topological polar surface area (TPSA) is 104 Å². The van der Waals surface area contributed by atoms with Crippen LogP contribution in [0.25, 0.3) is 0 Å². The quantitative estimate of drug-likeness (QED) is 0.276. The SMILES string of the molecule is CC1=Nc2cc(I)c(S(=O)(=O)O)c(I)c2C1(C)CCCCCC(=O)O. The van der Waals surface area contributed by atoms with Gasteiger partial charge in [-0.05, 0) is 71.0 Å². The number of unbranched alkanes of at least 4 members (excludes halogenated alkanes) is 2. The van der Waals surface area contributed by atoms with E-state index in [0.29, 0.717) is 13.6 Å². The molecule has 6 nitrogen and oxygen atoms in total. The molecule has 1 unspecified atom stereocenters. The zero-order valence-corrected chi connectivity index (χ0v) is 19.0. The Bertz CT molecular complexity index is 851. The molecule has 0 bridgehead atoms. The first-order chi connectivity index (χ1) is 11.5. The molecule has 1 aliphatic rings. The van der Waals surface area contributed by atoms with Crippen LogP contribution in [0.15, 0.2) is 16.0 Å². The smallest absolute Gasteiger partial charge is 0.303 e. The fourth-order valence-electron chi connectivity index (χ4n) is 3.16. The molecule has 1 aromatic rings. The Hall–Kier alpha value is -0.270. The molecule has 2 rings (SSSR count). The van der Waals surface area contributed by atoms with Crippen molar-refractivity contribution >= 4 is 72.7 Å². The summed E-state index contributed by atoms with van der Waals surface area (Å²) in [6.45, 7) is 3.95. The Kier molecular flexibility index (Phi) is 6.54. The zero-order valence-electron chi connectivity index (χ0n) is 13.8. The second-order valence-corrected chi connectivity index (χ2v) is 9.95. The third-order valence-corrected chi connectivity index (χ3v) is 8.22. The normalized spacial score (nSPS) is 19.6. The van der Waals surface area contributed by atoms with Crippen molar-refractivity contribution < 1.29 is 22.9 Å². The lowest BCUT2D eigenvalue weighted by molar-refractivity contribution is -0.137. The molecule has 1 heterocycles. The van der Waals surface area contributed by atoms with Crippen LogP contribution in [0.1, 0.15) is 51.5 Å². The Morgan fingerprint density at radius 1 is 1.28 bits per heavy atom. The summed E-state index contributed by atoms with van der Waals surface area (Å²) in [6, 6.07) is 1.69.